The predicted octanol–water partition coefficient (Wildman–Crippen LogP) is 1.40. The Bertz CT molecular complexity index is 594. The molecule has 0 aliphatic carbocycles. The van der Waals surface area contributed by atoms with Crippen LogP contribution in [-0.4, -0.2) is 38.1 Å². The highest BCUT2D eigenvalue weighted by Crippen LogP contribution is 2.25. The van der Waals surface area contributed by atoms with Gasteiger partial charge < -0.3 is 10.2 Å². The number of carbonyl (C=O) groups excluding carboxylic acids is 2. The highest BCUT2D eigenvalue weighted by molar-refractivity contribution is 6.30. The standard InChI is InChI=1S/C14H21ClN4O2/c1-8-6-11(20)16-14(3,4)13(21)19(8)7-10-9(2)17-18(5)12(10)15/h8H,6-7H2,1-5H3,(H,16,20). The van der Waals surface area contributed by atoms with Gasteiger partial charge in [0.2, 0.25) is 11.8 Å². The molecule has 7 heteroatoms. The SMILES string of the molecule is Cc1nn(C)c(Cl)c1CN1C(=O)C(C)(C)NC(=O)CC1C. The number of hydrogen-bond acceptors (Lipinski definition) is 3. The molecule has 1 aromatic rings. The molecule has 2 amide bonds. The van der Waals surface area contributed by atoms with Crippen molar-refractivity contribution in [3.8, 4) is 0 Å². The number of rotatable bonds is 2. The molecule has 21 heavy (non-hydrogen) atoms. The summed E-state index contributed by atoms with van der Waals surface area (Å²) in [4.78, 5) is 26.3. The van der Waals surface area contributed by atoms with Gasteiger partial charge in [-0.2, -0.15) is 5.10 Å². The minimum Gasteiger partial charge on any atom is -0.342 e. The molecule has 1 atom stereocenters. The number of hydrogen-bond donors (Lipinski definition) is 1. The second kappa shape index (κ2) is 5.33. The fourth-order valence-electron chi connectivity index (χ4n) is 2.64. The molecule has 6 nitrogen and oxygen atoms in total. The van der Waals surface area contributed by atoms with Crippen molar-refractivity contribution < 1.29 is 9.59 Å². The number of nitrogens with zero attached hydrogens (tertiary/aromatic N) is 3. The van der Waals surface area contributed by atoms with E-state index in [1.807, 2.05) is 13.8 Å². The molecule has 0 aromatic carbocycles. The van der Waals surface area contributed by atoms with Gasteiger partial charge in [0.1, 0.15) is 10.7 Å². The van der Waals surface area contributed by atoms with E-state index in [9.17, 15) is 9.59 Å². The second-order valence-electron chi connectivity index (χ2n) is 6.14. The minimum atomic E-state index is -0.912. The average Bonchev–Trinajstić information content (AvgIpc) is 2.55. The molecule has 2 rings (SSSR count). The normalized spacial score (nSPS) is 22.2. The lowest BCUT2D eigenvalue weighted by Crippen LogP contribution is -2.53. The van der Waals surface area contributed by atoms with E-state index in [-0.39, 0.29) is 24.3 Å². The molecule has 1 saturated heterocycles. The van der Waals surface area contributed by atoms with Crippen LogP contribution in [0.1, 0.15) is 38.4 Å². The largest absolute Gasteiger partial charge is 0.342 e. The number of amides is 2. The van der Waals surface area contributed by atoms with E-state index in [1.54, 1.807) is 30.5 Å². The van der Waals surface area contributed by atoms with Crippen molar-refractivity contribution >= 4 is 23.4 Å². The van der Waals surface area contributed by atoms with E-state index in [0.29, 0.717) is 11.7 Å². The summed E-state index contributed by atoms with van der Waals surface area (Å²) < 4.78 is 1.59. The molecule has 0 bridgehead atoms. The quantitative estimate of drug-likeness (QED) is 0.897. The zero-order chi connectivity index (χ0) is 15.9. The monoisotopic (exact) mass is 312 g/mol. The number of aryl methyl sites for hydroxylation is 2. The predicted molar refractivity (Wildman–Crippen MR) is 79.8 cm³/mol. The fraction of sp³-hybridized carbons (Fsp3) is 0.643. The summed E-state index contributed by atoms with van der Waals surface area (Å²) in [6, 6.07) is -0.185. The first kappa shape index (κ1) is 15.8. The molecule has 1 fully saturated rings. The number of aromatic nitrogens is 2. The van der Waals surface area contributed by atoms with Crippen molar-refractivity contribution in [2.24, 2.45) is 7.05 Å². The lowest BCUT2D eigenvalue weighted by Gasteiger charge is -2.32. The van der Waals surface area contributed by atoms with Crippen LogP contribution < -0.4 is 5.32 Å². The van der Waals surface area contributed by atoms with Gasteiger partial charge in [0.05, 0.1) is 12.2 Å². The molecule has 0 radical (unpaired) electrons. The third-order valence-corrected chi connectivity index (χ3v) is 4.33. The summed E-state index contributed by atoms with van der Waals surface area (Å²) in [6.07, 6.45) is 0.284. The smallest absolute Gasteiger partial charge is 0.248 e. The van der Waals surface area contributed by atoms with Crippen LogP contribution in [0.15, 0.2) is 0 Å². The Morgan fingerprint density at radius 2 is 2.05 bits per heavy atom. The van der Waals surface area contributed by atoms with Gasteiger partial charge in [0.25, 0.3) is 0 Å². The summed E-state index contributed by atoms with van der Waals surface area (Å²) >= 11 is 6.25. The first-order valence-electron chi connectivity index (χ1n) is 6.93. The molecule has 0 spiro atoms. The van der Waals surface area contributed by atoms with Crippen LogP contribution in [-0.2, 0) is 23.2 Å². The zero-order valence-electron chi connectivity index (χ0n) is 13.0. The highest BCUT2D eigenvalue weighted by atomic mass is 35.5. The van der Waals surface area contributed by atoms with Crippen molar-refractivity contribution in [2.45, 2.75) is 52.2 Å². The maximum absolute atomic E-state index is 12.7. The van der Waals surface area contributed by atoms with Crippen LogP contribution in [0.2, 0.25) is 5.15 Å². The third-order valence-electron chi connectivity index (χ3n) is 3.86. The summed E-state index contributed by atoms with van der Waals surface area (Å²) in [5.41, 5.74) is 0.707. The molecule has 1 aliphatic rings. The van der Waals surface area contributed by atoms with Crippen LogP contribution in [0.5, 0.6) is 0 Å². The Morgan fingerprint density at radius 1 is 1.43 bits per heavy atom. The van der Waals surface area contributed by atoms with E-state index in [4.69, 9.17) is 11.6 Å². The number of halogens is 1. The van der Waals surface area contributed by atoms with Gasteiger partial charge in [0, 0.05) is 25.1 Å². The van der Waals surface area contributed by atoms with Gasteiger partial charge >= 0.3 is 0 Å². The summed E-state index contributed by atoms with van der Waals surface area (Å²) in [5, 5.41) is 7.55. The zero-order valence-corrected chi connectivity index (χ0v) is 13.8. The van der Waals surface area contributed by atoms with E-state index in [0.717, 1.165) is 11.3 Å². The summed E-state index contributed by atoms with van der Waals surface area (Å²) in [7, 11) is 1.77. The molecule has 0 saturated carbocycles. The van der Waals surface area contributed by atoms with Gasteiger partial charge in [-0.1, -0.05) is 11.6 Å². The second-order valence-corrected chi connectivity index (χ2v) is 6.50. The molecule has 116 valence electrons. The van der Waals surface area contributed by atoms with E-state index < -0.39 is 5.54 Å². The van der Waals surface area contributed by atoms with E-state index in [1.165, 1.54) is 0 Å². The molecular weight excluding hydrogens is 292 g/mol. The van der Waals surface area contributed by atoms with Crippen LogP contribution in [0.4, 0.5) is 0 Å². The molecule has 1 aromatic heterocycles. The Kier molecular flexibility index (Phi) is 4.02. The molecular formula is C14H21ClN4O2. The van der Waals surface area contributed by atoms with Crippen molar-refractivity contribution in [3.05, 3.63) is 16.4 Å². The van der Waals surface area contributed by atoms with Gasteiger partial charge in [-0.15, -0.1) is 0 Å². The Hall–Kier alpha value is -1.56. The van der Waals surface area contributed by atoms with Crippen molar-refractivity contribution in [2.75, 3.05) is 0 Å². The first-order chi connectivity index (χ1) is 9.63. The number of nitrogens with one attached hydrogen (secondary N) is 1. The average molecular weight is 313 g/mol. The topological polar surface area (TPSA) is 67.2 Å². The van der Waals surface area contributed by atoms with Gasteiger partial charge in [-0.25, -0.2) is 0 Å². The maximum atomic E-state index is 12.7. The van der Waals surface area contributed by atoms with Crippen molar-refractivity contribution in [1.29, 1.82) is 0 Å². The van der Waals surface area contributed by atoms with Crippen molar-refractivity contribution in [1.82, 2.24) is 20.0 Å². The molecule has 2 heterocycles. The van der Waals surface area contributed by atoms with E-state index in [2.05, 4.69) is 10.4 Å². The lowest BCUT2D eigenvalue weighted by molar-refractivity contribution is -0.139. The maximum Gasteiger partial charge on any atom is 0.248 e. The molecule has 1 N–H and O–H groups in total. The van der Waals surface area contributed by atoms with Crippen LogP contribution >= 0.6 is 11.6 Å². The summed E-state index contributed by atoms with van der Waals surface area (Å²) in [5.74, 6) is -0.225. The number of carbonyl (C=O) groups is 2. The first-order valence-corrected chi connectivity index (χ1v) is 7.31. The summed E-state index contributed by atoms with van der Waals surface area (Å²) in [6.45, 7) is 7.53. The van der Waals surface area contributed by atoms with Gasteiger partial charge in [-0.3, -0.25) is 14.3 Å². The minimum absolute atomic E-state index is 0.111. The lowest BCUT2D eigenvalue weighted by atomic mass is 10.0. The van der Waals surface area contributed by atoms with Gasteiger partial charge in [-0.05, 0) is 27.7 Å². The van der Waals surface area contributed by atoms with E-state index >= 15 is 0 Å². The van der Waals surface area contributed by atoms with Crippen LogP contribution in [0.3, 0.4) is 0 Å². The Balaban J connectivity index is 2.36. The highest BCUT2D eigenvalue weighted by Gasteiger charge is 2.40. The Labute approximate surface area is 129 Å². The molecule has 1 unspecified atom stereocenters. The molecule has 1 aliphatic heterocycles. The van der Waals surface area contributed by atoms with Crippen LogP contribution in [0.25, 0.3) is 0 Å². The fourth-order valence-corrected chi connectivity index (χ4v) is 2.88. The third kappa shape index (κ3) is 2.90. The van der Waals surface area contributed by atoms with Crippen LogP contribution in [0, 0.1) is 6.92 Å². The van der Waals surface area contributed by atoms with Crippen molar-refractivity contribution in [3.63, 3.8) is 0 Å². The Morgan fingerprint density at radius 3 is 2.57 bits per heavy atom. The van der Waals surface area contributed by atoms with Gasteiger partial charge in [0.15, 0.2) is 0 Å².